The Bertz CT molecular complexity index is 923. The van der Waals surface area contributed by atoms with Gasteiger partial charge in [0, 0.05) is 11.1 Å². The summed E-state index contributed by atoms with van der Waals surface area (Å²) >= 11 is 0. The fourth-order valence-corrected chi connectivity index (χ4v) is 2.68. The molecule has 0 aliphatic heterocycles. The van der Waals surface area contributed by atoms with Gasteiger partial charge < -0.3 is 4.74 Å². The number of hydrazine groups is 1. The van der Waals surface area contributed by atoms with Gasteiger partial charge in [-0.3, -0.25) is 20.4 Å². The van der Waals surface area contributed by atoms with Crippen molar-refractivity contribution in [3.8, 4) is 5.75 Å². The third-order valence-electron chi connectivity index (χ3n) is 3.82. The molecule has 2 aromatic rings. The number of carbonyl (C=O) groups excluding carboxylic acids is 2. The van der Waals surface area contributed by atoms with Gasteiger partial charge in [-0.2, -0.15) is 0 Å². The van der Waals surface area contributed by atoms with Crippen molar-refractivity contribution in [3.63, 3.8) is 0 Å². The lowest BCUT2D eigenvalue weighted by Crippen LogP contribution is -2.41. The van der Waals surface area contributed by atoms with Crippen molar-refractivity contribution in [2.45, 2.75) is 25.2 Å². The average Bonchev–Trinajstić information content (AvgIpc) is 2.65. The summed E-state index contributed by atoms with van der Waals surface area (Å²) in [6.07, 6.45) is 0.937. The van der Waals surface area contributed by atoms with Crippen LogP contribution in [0.15, 0.2) is 53.4 Å². The van der Waals surface area contributed by atoms with E-state index in [1.165, 1.54) is 24.3 Å². The largest absolute Gasteiger partial charge is 0.494 e. The third kappa shape index (κ3) is 6.36. The molecule has 0 unspecified atom stereocenters. The number of primary sulfonamides is 1. The molecule has 0 atom stereocenters. The van der Waals surface area contributed by atoms with Gasteiger partial charge in [-0.1, -0.05) is 13.8 Å². The number of carbonyl (C=O) groups is 2. The first-order valence-electron chi connectivity index (χ1n) is 8.63. The second-order valence-electron chi connectivity index (χ2n) is 6.53. The molecule has 8 nitrogen and oxygen atoms in total. The zero-order valence-electron chi connectivity index (χ0n) is 15.6. The van der Waals surface area contributed by atoms with E-state index in [-0.39, 0.29) is 10.5 Å². The highest BCUT2D eigenvalue weighted by molar-refractivity contribution is 7.89. The van der Waals surface area contributed by atoms with E-state index >= 15 is 0 Å². The Kier molecular flexibility index (Phi) is 7.13. The van der Waals surface area contributed by atoms with Crippen LogP contribution in [0.4, 0.5) is 0 Å². The topological polar surface area (TPSA) is 128 Å². The molecular weight excluding hydrogens is 382 g/mol. The highest BCUT2D eigenvalue weighted by atomic mass is 32.2. The van der Waals surface area contributed by atoms with E-state index in [0.29, 0.717) is 23.8 Å². The molecule has 0 aliphatic rings. The lowest BCUT2D eigenvalue weighted by atomic mass is 10.1. The highest BCUT2D eigenvalue weighted by Crippen LogP contribution is 2.13. The number of benzene rings is 2. The van der Waals surface area contributed by atoms with Gasteiger partial charge in [0.15, 0.2) is 0 Å². The molecule has 0 saturated heterocycles. The van der Waals surface area contributed by atoms with Gasteiger partial charge in [0.1, 0.15) is 5.75 Å². The molecular formula is C19H23N3O5S. The highest BCUT2D eigenvalue weighted by Gasteiger charge is 2.12. The van der Waals surface area contributed by atoms with Gasteiger partial charge in [0.2, 0.25) is 10.0 Å². The summed E-state index contributed by atoms with van der Waals surface area (Å²) in [5.74, 6) is 0.118. The Morgan fingerprint density at radius 1 is 0.929 bits per heavy atom. The number of nitrogens with two attached hydrogens (primary N) is 1. The quantitative estimate of drug-likeness (QED) is 0.606. The van der Waals surface area contributed by atoms with Crippen LogP contribution in [0.5, 0.6) is 5.75 Å². The van der Waals surface area contributed by atoms with Crippen molar-refractivity contribution in [2.75, 3.05) is 6.61 Å². The monoisotopic (exact) mass is 405 g/mol. The molecule has 0 radical (unpaired) electrons. The predicted molar refractivity (Wildman–Crippen MR) is 104 cm³/mol. The van der Waals surface area contributed by atoms with Crippen LogP contribution < -0.4 is 20.7 Å². The smallest absolute Gasteiger partial charge is 0.269 e. The van der Waals surface area contributed by atoms with Crippen LogP contribution in [0.2, 0.25) is 0 Å². The zero-order valence-corrected chi connectivity index (χ0v) is 16.5. The molecule has 2 rings (SSSR count). The lowest BCUT2D eigenvalue weighted by Gasteiger charge is -2.10. The summed E-state index contributed by atoms with van der Waals surface area (Å²) in [5, 5.41) is 5.00. The number of nitrogens with one attached hydrogen (secondary N) is 2. The third-order valence-corrected chi connectivity index (χ3v) is 4.74. The molecule has 0 saturated carbocycles. The van der Waals surface area contributed by atoms with Crippen LogP contribution in [0, 0.1) is 5.92 Å². The number of sulfonamides is 1. The minimum absolute atomic E-state index is 0.108. The molecule has 0 fully saturated rings. The van der Waals surface area contributed by atoms with Gasteiger partial charge in [-0.05, 0) is 60.9 Å². The number of amides is 2. The van der Waals surface area contributed by atoms with E-state index in [1.807, 2.05) is 0 Å². The van der Waals surface area contributed by atoms with Gasteiger partial charge in [-0.15, -0.1) is 0 Å². The van der Waals surface area contributed by atoms with Crippen molar-refractivity contribution in [1.29, 1.82) is 0 Å². The van der Waals surface area contributed by atoms with Crippen LogP contribution in [-0.4, -0.2) is 26.8 Å². The normalized spacial score (nSPS) is 11.1. The fourth-order valence-electron chi connectivity index (χ4n) is 2.17. The first kappa shape index (κ1) is 21.4. The molecule has 4 N–H and O–H groups in total. The maximum Gasteiger partial charge on any atom is 0.269 e. The van der Waals surface area contributed by atoms with Gasteiger partial charge in [0.25, 0.3) is 11.8 Å². The Morgan fingerprint density at radius 2 is 1.39 bits per heavy atom. The van der Waals surface area contributed by atoms with E-state index in [4.69, 9.17) is 9.88 Å². The summed E-state index contributed by atoms with van der Waals surface area (Å²) in [5.41, 5.74) is 5.08. The second kappa shape index (κ2) is 9.34. The van der Waals surface area contributed by atoms with Crippen LogP contribution in [0.25, 0.3) is 0 Å². The summed E-state index contributed by atoms with van der Waals surface area (Å²) in [6.45, 7) is 4.82. The molecule has 28 heavy (non-hydrogen) atoms. The lowest BCUT2D eigenvalue weighted by molar-refractivity contribution is 0.0846. The molecule has 2 aromatic carbocycles. The SMILES string of the molecule is CC(C)CCOc1ccc(C(=O)NNC(=O)c2ccc(S(N)(=O)=O)cc2)cc1. The molecule has 9 heteroatoms. The fraction of sp³-hybridized carbons (Fsp3) is 0.263. The Hall–Kier alpha value is -2.91. The van der Waals surface area contributed by atoms with Gasteiger partial charge in [0.05, 0.1) is 11.5 Å². The van der Waals surface area contributed by atoms with E-state index in [1.54, 1.807) is 24.3 Å². The number of rotatable bonds is 7. The summed E-state index contributed by atoms with van der Waals surface area (Å²) in [4.78, 5) is 24.1. The summed E-state index contributed by atoms with van der Waals surface area (Å²) in [7, 11) is -3.83. The van der Waals surface area contributed by atoms with Crippen LogP contribution in [0.3, 0.4) is 0 Å². The van der Waals surface area contributed by atoms with E-state index in [2.05, 4.69) is 24.7 Å². The predicted octanol–water partition coefficient (Wildman–Crippen LogP) is 1.83. The van der Waals surface area contributed by atoms with E-state index in [9.17, 15) is 18.0 Å². The minimum Gasteiger partial charge on any atom is -0.494 e. The minimum atomic E-state index is -3.83. The second-order valence-corrected chi connectivity index (χ2v) is 8.09. The van der Waals surface area contributed by atoms with Crippen molar-refractivity contribution >= 4 is 21.8 Å². The summed E-state index contributed by atoms with van der Waals surface area (Å²) < 4.78 is 28.0. The standard InChI is InChI=1S/C19H23N3O5S/c1-13(2)11-12-27-16-7-3-14(4-8-16)18(23)21-22-19(24)15-5-9-17(10-6-15)28(20,25)26/h3-10,13H,11-12H2,1-2H3,(H,21,23)(H,22,24)(H2,20,25,26). The van der Waals surface area contributed by atoms with Crippen molar-refractivity contribution < 1.29 is 22.7 Å². The zero-order chi connectivity index (χ0) is 20.7. The molecule has 0 aromatic heterocycles. The molecule has 0 bridgehead atoms. The molecule has 2 amide bonds. The maximum absolute atomic E-state index is 12.1. The van der Waals surface area contributed by atoms with Crippen molar-refractivity contribution in [1.82, 2.24) is 10.9 Å². The molecule has 0 heterocycles. The molecule has 0 spiro atoms. The van der Waals surface area contributed by atoms with E-state index in [0.717, 1.165) is 6.42 Å². The van der Waals surface area contributed by atoms with Gasteiger partial charge in [-0.25, -0.2) is 13.6 Å². The first-order valence-corrected chi connectivity index (χ1v) is 10.2. The Balaban J connectivity index is 1.88. The van der Waals surface area contributed by atoms with Crippen LogP contribution in [0.1, 0.15) is 41.0 Å². The van der Waals surface area contributed by atoms with Crippen molar-refractivity contribution in [2.24, 2.45) is 11.1 Å². The Morgan fingerprint density at radius 3 is 1.82 bits per heavy atom. The number of ether oxygens (including phenoxy) is 1. The Labute approximate surface area is 164 Å². The molecule has 0 aliphatic carbocycles. The number of hydrogen-bond acceptors (Lipinski definition) is 5. The molecule has 150 valence electrons. The van der Waals surface area contributed by atoms with E-state index < -0.39 is 21.8 Å². The number of hydrogen-bond donors (Lipinski definition) is 3. The maximum atomic E-state index is 12.1. The summed E-state index contributed by atoms with van der Waals surface area (Å²) in [6, 6.07) is 11.6. The van der Waals surface area contributed by atoms with Gasteiger partial charge >= 0.3 is 0 Å². The first-order chi connectivity index (χ1) is 13.2. The van der Waals surface area contributed by atoms with Crippen LogP contribution in [-0.2, 0) is 10.0 Å². The van der Waals surface area contributed by atoms with Crippen LogP contribution >= 0.6 is 0 Å². The average molecular weight is 405 g/mol. The van der Waals surface area contributed by atoms with Crippen molar-refractivity contribution in [3.05, 3.63) is 59.7 Å².